The van der Waals surface area contributed by atoms with Gasteiger partial charge in [0, 0.05) is 6.42 Å². The van der Waals surface area contributed by atoms with E-state index in [-0.39, 0.29) is 23.5 Å². The Labute approximate surface area is 137 Å². The van der Waals surface area contributed by atoms with E-state index in [4.69, 9.17) is 8.83 Å². The second-order valence-corrected chi connectivity index (χ2v) is 5.47. The maximum absolute atomic E-state index is 12.7. The first kappa shape index (κ1) is 14.3. The average molecular weight is 322 g/mol. The summed E-state index contributed by atoms with van der Waals surface area (Å²) < 4.78 is 10.6. The number of carbonyl (C=O) groups excluding carboxylic acids is 1. The molecule has 1 atom stereocenters. The van der Waals surface area contributed by atoms with Crippen LogP contribution in [0.2, 0.25) is 0 Å². The molecule has 0 saturated carbocycles. The lowest BCUT2D eigenvalue weighted by molar-refractivity contribution is 0.0678. The molecule has 1 aromatic carbocycles. The highest BCUT2D eigenvalue weighted by Gasteiger charge is 2.35. The zero-order chi connectivity index (χ0) is 16.5. The van der Waals surface area contributed by atoms with Crippen molar-refractivity contribution < 1.29 is 18.7 Å². The molecule has 0 fully saturated rings. The molecule has 120 valence electrons. The molecule has 1 amide bonds. The summed E-state index contributed by atoms with van der Waals surface area (Å²) >= 11 is 0. The first-order valence-corrected chi connectivity index (χ1v) is 7.50. The number of hydrogen-bond acceptors (Lipinski definition) is 5. The van der Waals surface area contributed by atoms with Gasteiger partial charge in [0.2, 0.25) is 0 Å². The molecular formula is C18H14N2O4. The summed E-state index contributed by atoms with van der Waals surface area (Å²) in [6, 6.07) is 13.3. The molecule has 3 aromatic rings. The Balaban J connectivity index is 1.73. The van der Waals surface area contributed by atoms with Crippen LogP contribution in [-0.4, -0.2) is 21.7 Å². The lowest BCUT2D eigenvalue weighted by Gasteiger charge is -2.21. The fourth-order valence-corrected chi connectivity index (χ4v) is 2.79. The van der Waals surface area contributed by atoms with Crippen molar-refractivity contribution in [2.45, 2.75) is 12.5 Å². The van der Waals surface area contributed by atoms with E-state index in [0.29, 0.717) is 17.9 Å². The quantitative estimate of drug-likeness (QED) is 0.799. The van der Waals surface area contributed by atoms with Gasteiger partial charge in [0.05, 0.1) is 18.6 Å². The standard InChI is InChI=1S/C18H14N2O4/c21-13-5-1-4-12(10-13)15-11-14(16-6-2-8-23-16)19-20(15)18(22)17-7-3-9-24-17/h1-10,15,21H,11H2/t15-/m1/s1. The van der Waals surface area contributed by atoms with E-state index in [2.05, 4.69) is 5.10 Å². The summed E-state index contributed by atoms with van der Waals surface area (Å²) in [5.41, 5.74) is 1.47. The van der Waals surface area contributed by atoms with Crippen molar-refractivity contribution in [2.75, 3.05) is 0 Å². The van der Waals surface area contributed by atoms with Gasteiger partial charge >= 0.3 is 5.91 Å². The monoisotopic (exact) mass is 322 g/mol. The molecule has 6 nitrogen and oxygen atoms in total. The van der Waals surface area contributed by atoms with Crippen LogP contribution in [0.4, 0.5) is 0 Å². The van der Waals surface area contributed by atoms with Crippen LogP contribution in [0, 0.1) is 0 Å². The van der Waals surface area contributed by atoms with Crippen molar-refractivity contribution in [3.8, 4) is 5.75 Å². The van der Waals surface area contributed by atoms with Crippen LogP contribution in [0.25, 0.3) is 0 Å². The molecule has 0 unspecified atom stereocenters. The summed E-state index contributed by atoms with van der Waals surface area (Å²) in [7, 11) is 0. The second-order valence-electron chi connectivity index (χ2n) is 5.47. The Morgan fingerprint density at radius 3 is 2.67 bits per heavy atom. The lowest BCUT2D eigenvalue weighted by atomic mass is 10.0. The normalized spacial score (nSPS) is 17.1. The van der Waals surface area contributed by atoms with Gasteiger partial charge in [-0.25, -0.2) is 5.01 Å². The van der Waals surface area contributed by atoms with Gasteiger partial charge in [-0.05, 0) is 42.0 Å². The summed E-state index contributed by atoms with van der Waals surface area (Å²) in [6.07, 6.45) is 3.51. The molecule has 24 heavy (non-hydrogen) atoms. The van der Waals surface area contributed by atoms with Crippen LogP contribution in [-0.2, 0) is 0 Å². The van der Waals surface area contributed by atoms with Crippen molar-refractivity contribution >= 4 is 11.6 Å². The van der Waals surface area contributed by atoms with Crippen molar-refractivity contribution in [2.24, 2.45) is 5.10 Å². The molecule has 0 saturated heterocycles. The van der Waals surface area contributed by atoms with E-state index in [0.717, 1.165) is 5.56 Å². The number of nitrogens with zero attached hydrogens (tertiary/aromatic N) is 2. The number of furan rings is 2. The van der Waals surface area contributed by atoms with Crippen LogP contribution in [0.3, 0.4) is 0 Å². The lowest BCUT2D eigenvalue weighted by Crippen LogP contribution is -2.26. The third kappa shape index (κ3) is 2.48. The molecule has 1 aliphatic rings. The maximum Gasteiger partial charge on any atom is 0.310 e. The first-order valence-electron chi connectivity index (χ1n) is 7.50. The molecule has 0 spiro atoms. The molecule has 6 heteroatoms. The topological polar surface area (TPSA) is 79.2 Å². The highest BCUT2D eigenvalue weighted by molar-refractivity contribution is 6.02. The zero-order valence-corrected chi connectivity index (χ0v) is 12.6. The minimum absolute atomic E-state index is 0.143. The fourth-order valence-electron chi connectivity index (χ4n) is 2.79. The second kappa shape index (κ2) is 5.73. The molecule has 4 rings (SSSR count). The largest absolute Gasteiger partial charge is 0.508 e. The number of amides is 1. The van der Waals surface area contributed by atoms with Gasteiger partial charge in [-0.15, -0.1) is 0 Å². The number of phenolic OH excluding ortho intramolecular Hbond substituents is 1. The van der Waals surface area contributed by atoms with E-state index in [9.17, 15) is 9.90 Å². The van der Waals surface area contributed by atoms with E-state index in [1.165, 1.54) is 11.3 Å². The molecular weight excluding hydrogens is 308 g/mol. The number of hydrazone groups is 1. The van der Waals surface area contributed by atoms with Gasteiger partial charge in [0.1, 0.15) is 17.2 Å². The van der Waals surface area contributed by atoms with Crippen LogP contribution < -0.4 is 0 Å². The van der Waals surface area contributed by atoms with E-state index in [1.54, 1.807) is 48.7 Å². The van der Waals surface area contributed by atoms with Crippen molar-refractivity contribution in [1.29, 1.82) is 0 Å². The smallest absolute Gasteiger partial charge is 0.310 e. The Bertz CT molecular complexity index is 882. The Hall–Kier alpha value is -3.28. The molecule has 2 aromatic heterocycles. The van der Waals surface area contributed by atoms with Crippen LogP contribution in [0.5, 0.6) is 5.75 Å². The van der Waals surface area contributed by atoms with Crippen LogP contribution >= 0.6 is 0 Å². The summed E-state index contributed by atoms with van der Waals surface area (Å²) in [5, 5.41) is 15.6. The Kier molecular flexibility index (Phi) is 3.42. The van der Waals surface area contributed by atoms with Crippen molar-refractivity contribution in [3.05, 3.63) is 78.1 Å². The summed E-state index contributed by atoms with van der Waals surface area (Å²) in [5.74, 6) is 0.638. The van der Waals surface area contributed by atoms with Crippen LogP contribution in [0.15, 0.2) is 75.0 Å². The molecule has 0 radical (unpaired) electrons. The minimum Gasteiger partial charge on any atom is -0.508 e. The van der Waals surface area contributed by atoms with Crippen molar-refractivity contribution in [3.63, 3.8) is 0 Å². The zero-order valence-electron chi connectivity index (χ0n) is 12.6. The summed E-state index contributed by atoms with van der Waals surface area (Å²) in [6.45, 7) is 0. The fraction of sp³-hybridized carbons (Fsp3) is 0.111. The van der Waals surface area contributed by atoms with Gasteiger partial charge in [-0.1, -0.05) is 12.1 Å². The predicted molar refractivity (Wildman–Crippen MR) is 85.6 cm³/mol. The number of benzene rings is 1. The predicted octanol–water partition coefficient (Wildman–Crippen LogP) is 3.57. The Morgan fingerprint density at radius 1 is 1.12 bits per heavy atom. The molecule has 0 aliphatic carbocycles. The minimum atomic E-state index is -0.338. The number of aromatic hydroxyl groups is 1. The number of phenols is 1. The molecule has 3 heterocycles. The first-order chi connectivity index (χ1) is 11.7. The number of hydrogen-bond donors (Lipinski definition) is 1. The van der Waals surface area contributed by atoms with E-state index >= 15 is 0 Å². The third-order valence-corrected chi connectivity index (χ3v) is 3.91. The van der Waals surface area contributed by atoms with Gasteiger partial charge in [0.15, 0.2) is 5.76 Å². The van der Waals surface area contributed by atoms with Gasteiger partial charge < -0.3 is 13.9 Å². The highest BCUT2D eigenvalue weighted by Crippen LogP contribution is 2.35. The number of carbonyl (C=O) groups is 1. The maximum atomic E-state index is 12.7. The molecule has 1 N–H and O–H groups in total. The summed E-state index contributed by atoms with van der Waals surface area (Å²) in [4.78, 5) is 12.7. The Morgan fingerprint density at radius 2 is 1.96 bits per heavy atom. The van der Waals surface area contributed by atoms with Gasteiger partial charge in [-0.2, -0.15) is 5.10 Å². The number of rotatable bonds is 3. The van der Waals surface area contributed by atoms with Crippen molar-refractivity contribution in [1.82, 2.24) is 5.01 Å². The van der Waals surface area contributed by atoms with Crippen LogP contribution in [0.1, 0.15) is 34.3 Å². The molecule has 0 bridgehead atoms. The van der Waals surface area contributed by atoms with Gasteiger partial charge in [-0.3, -0.25) is 4.79 Å². The van der Waals surface area contributed by atoms with E-state index < -0.39 is 0 Å². The van der Waals surface area contributed by atoms with E-state index in [1.807, 2.05) is 6.07 Å². The molecule has 1 aliphatic heterocycles. The highest BCUT2D eigenvalue weighted by atomic mass is 16.3. The third-order valence-electron chi connectivity index (χ3n) is 3.91. The SMILES string of the molecule is O=C(c1ccco1)N1N=C(c2ccco2)C[C@@H]1c1cccc(O)c1. The average Bonchev–Trinajstić information content (AvgIpc) is 3.34. The van der Waals surface area contributed by atoms with Gasteiger partial charge in [0.25, 0.3) is 0 Å².